The summed E-state index contributed by atoms with van der Waals surface area (Å²) >= 11 is 0. The molecule has 5 heteroatoms. The highest BCUT2D eigenvalue weighted by atomic mass is 16.6. The number of aromatic hydroxyl groups is 1. The van der Waals surface area contributed by atoms with Crippen molar-refractivity contribution in [2.75, 3.05) is 19.8 Å². The summed E-state index contributed by atoms with van der Waals surface area (Å²) in [6, 6.07) is 5.87. The van der Waals surface area contributed by atoms with E-state index in [1.54, 1.807) is 24.3 Å². The first kappa shape index (κ1) is 14.5. The Hall–Kier alpha value is -1.59. The third-order valence-corrected chi connectivity index (χ3v) is 2.37. The zero-order chi connectivity index (χ0) is 13.4. The second-order valence-corrected chi connectivity index (χ2v) is 3.84. The smallest absolute Gasteiger partial charge is 0.323 e. The molecule has 0 aromatic heterocycles. The zero-order valence-corrected chi connectivity index (χ0v) is 10.5. The summed E-state index contributed by atoms with van der Waals surface area (Å²) in [4.78, 5) is 11.5. The lowest BCUT2D eigenvalue weighted by Crippen LogP contribution is -2.35. The van der Waals surface area contributed by atoms with Crippen LogP contribution in [-0.2, 0) is 20.7 Å². The maximum atomic E-state index is 11.5. The first-order valence-corrected chi connectivity index (χ1v) is 5.91. The molecule has 0 saturated heterocycles. The van der Waals surface area contributed by atoms with Gasteiger partial charge in [0.25, 0.3) is 0 Å². The minimum absolute atomic E-state index is 0.187. The average Bonchev–Trinajstić information content (AvgIpc) is 2.37. The van der Waals surface area contributed by atoms with E-state index in [0.717, 1.165) is 5.56 Å². The van der Waals surface area contributed by atoms with Crippen molar-refractivity contribution in [3.8, 4) is 5.75 Å². The maximum Gasteiger partial charge on any atom is 0.323 e. The molecule has 3 N–H and O–H groups in total. The molecule has 0 saturated carbocycles. The summed E-state index contributed by atoms with van der Waals surface area (Å²) in [6.07, 6.45) is 0.383. The van der Waals surface area contributed by atoms with E-state index in [4.69, 9.17) is 20.3 Å². The van der Waals surface area contributed by atoms with Crippen LogP contribution in [0.1, 0.15) is 12.5 Å². The number of phenols is 1. The second kappa shape index (κ2) is 7.68. The highest BCUT2D eigenvalue weighted by Gasteiger charge is 2.15. The summed E-state index contributed by atoms with van der Waals surface area (Å²) in [6.45, 7) is 3.07. The van der Waals surface area contributed by atoms with Crippen LogP contribution >= 0.6 is 0 Å². The van der Waals surface area contributed by atoms with Gasteiger partial charge < -0.3 is 20.3 Å². The van der Waals surface area contributed by atoms with E-state index in [1.807, 2.05) is 6.92 Å². The Balaban J connectivity index is 2.33. The summed E-state index contributed by atoms with van der Waals surface area (Å²) in [5, 5.41) is 9.13. The molecule has 0 radical (unpaired) electrons. The highest BCUT2D eigenvalue weighted by molar-refractivity contribution is 5.75. The molecule has 1 atom stereocenters. The Bertz CT molecular complexity index is 364. The third-order valence-electron chi connectivity index (χ3n) is 2.37. The van der Waals surface area contributed by atoms with E-state index in [1.165, 1.54) is 0 Å². The van der Waals surface area contributed by atoms with Crippen molar-refractivity contribution >= 4 is 5.97 Å². The highest BCUT2D eigenvalue weighted by Crippen LogP contribution is 2.11. The number of benzene rings is 1. The fourth-order valence-electron chi connectivity index (χ4n) is 1.42. The van der Waals surface area contributed by atoms with Gasteiger partial charge in [0.15, 0.2) is 0 Å². The minimum atomic E-state index is -0.698. The molecule has 18 heavy (non-hydrogen) atoms. The Morgan fingerprint density at radius 1 is 1.33 bits per heavy atom. The van der Waals surface area contributed by atoms with Gasteiger partial charge in [0.1, 0.15) is 18.4 Å². The van der Waals surface area contributed by atoms with Crippen LogP contribution in [0.2, 0.25) is 0 Å². The molecule has 0 aliphatic heterocycles. The summed E-state index contributed by atoms with van der Waals surface area (Å²) < 4.78 is 10.0. The van der Waals surface area contributed by atoms with Crippen LogP contribution in [0.3, 0.4) is 0 Å². The van der Waals surface area contributed by atoms with Crippen molar-refractivity contribution in [2.45, 2.75) is 19.4 Å². The lowest BCUT2D eigenvalue weighted by molar-refractivity contribution is -0.146. The fourth-order valence-corrected chi connectivity index (χ4v) is 1.42. The van der Waals surface area contributed by atoms with E-state index in [-0.39, 0.29) is 12.4 Å². The minimum Gasteiger partial charge on any atom is -0.508 e. The van der Waals surface area contributed by atoms with Crippen LogP contribution in [0.5, 0.6) is 5.75 Å². The largest absolute Gasteiger partial charge is 0.508 e. The van der Waals surface area contributed by atoms with Gasteiger partial charge in [-0.3, -0.25) is 4.79 Å². The lowest BCUT2D eigenvalue weighted by atomic mass is 10.1. The van der Waals surface area contributed by atoms with E-state index >= 15 is 0 Å². The van der Waals surface area contributed by atoms with Gasteiger partial charge in [-0.2, -0.15) is 0 Å². The van der Waals surface area contributed by atoms with Crippen LogP contribution in [0.15, 0.2) is 24.3 Å². The topological polar surface area (TPSA) is 81.8 Å². The van der Waals surface area contributed by atoms with E-state index < -0.39 is 12.0 Å². The van der Waals surface area contributed by atoms with Gasteiger partial charge in [0.05, 0.1) is 6.61 Å². The maximum absolute atomic E-state index is 11.5. The van der Waals surface area contributed by atoms with Crippen molar-refractivity contribution in [1.29, 1.82) is 0 Å². The predicted molar refractivity (Wildman–Crippen MR) is 67.2 cm³/mol. The first-order valence-electron chi connectivity index (χ1n) is 5.91. The summed E-state index contributed by atoms with van der Waals surface area (Å²) in [5.41, 5.74) is 6.60. The Morgan fingerprint density at radius 2 is 2.00 bits per heavy atom. The van der Waals surface area contributed by atoms with Gasteiger partial charge in [-0.15, -0.1) is 0 Å². The van der Waals surface area contributed by atoms with Crippen molar-refractivity contribution < 1.29 is 19.4 Å². The van der Waals surface area contributed by atoms with Crippen molar-refractivity contribution in [3.63, 3.8) is 0 Å². The molecule has 1 rings (SSSR count). The average molecular weight is 253 g/mol. The number of rotatable bonds is 7. The molecule has 0 fully saturated rings. The number of phenolic OH excluding ortho intramolecular Hbond substituents is 1. The van der Waals surface area contributed by atoms with Crippen molar-refractivity contribution in [2.24, 2.45) is 5.73 Å². The predicted octanol–water partition coefficient (Wildman–Crippen LogP) is 0.842. The van der Waals surface area contributed by atoms with Gasteiger partial charge in [-0.25, -0.2) is 0 Å². The van der Waals surface area contributed by atoms with Crippen LogP contribution in [0.25, 0.3) is 0 Å². The number of nitrogens with two attached hydrogens (primary N) is 1. The molecule has 5 nitrogen and oxygen atoms in total. The fraction of sp³-hybridized carbons (Fsp3) is 0.462. The Morgan fingerprint density at radius 3 is 2.61 bits per heavy atom. The number of hydrogen-bond acceptors (Lipinski definition) is 5. The number of carbonyl (C=O) groups excluding carboxylic acids is 1. The molecule has 1 unspecified atom stereocenters. The second-order valence-electron chi connectivity index (χ2n) is 3.84. The molecule has 0 spiro atoms. The quantitative estimate of drug-likeness (QED) is 0.556. The van der Waals surface area contributed by atoms with Crippen LogP contribution in [0, 0.1) is 0 Å². The van der Waals surface area contributed by atoms with Gasteiger partial charge >= 0.3 is 5.97 Å². The molecular weight excluding hydrogens is 234 g/mol. The molecular formula is C13H19NO4. The Labute approximate surface area is 107 Å². The SMILES string of the molecule is CCOCCOC(=O)C(N)Cc1ccc(O)cc1. The molecule has 0 aliphatic rings. The third kappa shape index (κ3) is 5.16. The van der Waals surface area contributed by atoms with Gasteiger partial charge in [0.2, 0.25) is 0 Å². The van der Waals surface area contributed by atoms with Gasteiger partial charge in [0, 0.05) is 6.61 Å². The summed E-state index contributed by atoms with van der Waals surface area (Å²) in [7, 11) is 0. The number of esters is 1. The number of carbonyl (C=O) groups is 1. The van der Waals surface area contributed by atoms with Crippen LogP contribution in [0.4, 0.5) is 0 Å². The van der Waals surface area contributed by atoms with Gasteiger partial charge in [-0.1, -0.05) is 12.1 Å². The van der Waals surface area contributed by atoms with Gasteiger partial charge in [-0.05, 0) is 31.0 Å². The zero-order valence-electron chi connectivity index (χ0n) is 10.5. The monoisotopic (exact) mass is 253 g/mol. The molecule has 1 aromatic rings. The molecule has 0 aliphatic carbocycles. The Kier molecular flexibility index (Phi) is 6.18. The molecule has 1 aromatic carbocycles. The van der Waals surface area contributed by atoms with Crippen molar-refractivity contribution in [1.82, 2.24) is 0 Å². The van der Waals surface area contributed by atoms with E-state index in [9.17, 15) is 4.79 Å². The van der Waals surface area contributed by atoms with Crippen molar-refractivity contribution in [3.05, 3.63) is 29.8 Å². The molecule has 0 heterocycles. The van der Waals surface area contributed by atoms with Crippen LogP contribution < -0.4 is 5.73 Å². The summed E-state index contributed by atoms with van der Waals surface area (Å²) in [5.74, 6) is -0.255. The number of hydrogen-bond donors (Lipinski definition) is 2. The molecule has 0 bridgehead atoms. The lowest BCUT2D eigenvalue weighted by Gasteiger charge is -2.11. The van der Waals surface area contributed by atoms with E-state index in [0.29, 0.717) is 19.6 Å². The molecule has 100 valence electrons. The normalized spacial score (nSPS) is 12.1. The van der Waals surface area contributed by atoms with Crippen LogP contribution in [-0.4, -0.2) is 36.9 Å². The number of ether oxygens (including phenoxy) is 2. The molecule has 0 amide bonds. The first-order chi connectivity index (χ1) is 8.63. The standard InChI is InChI=1S/C13H19NO4/c1-2-17-7-8-18-13(16)12(14)9-10-3-5-11(15)6-4-10/h3-6,12,15H,2,7-9,14H2,1H3. The van der Waals surface area contributed by atoms with E-state index in [2.05, 4.69) is 0 Å².